The molecule has 3 aromatic carbocycles. The van der Waals surface area contributed by atoms with E-state index in [1.807, 2.05) is 66.7 Å². The summed E-state index contributed by atoms with van der Waals surface area (Å²) in [5.74, 6) is -2.23. The van der Waals surface area contributed by atoms with Gasteiger partial charge in [0.05, 0.1) is 31.8 Å². The number of benzene rings is 3. The van der Waals surface area contributed by atoms with Crippen molar-refractivity contribution in [3.05, 3.63) is 121 Å². The van der Waals surface area contributed by atoms with Gasteiger partial charge < -0.3 is 35.3 Å². The van der Waals surface area contributed by atoms with Gasteiger partial charge in [-0.2, -0.15) is 0 Å². The van der Waals surface area contributed by atoms with Gasteiger partial charge in [0.25, 0.3) is 0 Å². The number of aliphatic hydroxyl groups is 1. The quantitative estimate of drug-likeness (QED) is 0.0657. The molecule has 11 heteroatoms. The molecule has 11 nitrogen and oxygen atoms in total. The molecule has 0 heterocycles. The number of ether oxygens (including phenoxy) is 3. The van der Waals surface area contributed by atoms with E-state index in [9.17, 15) is 19.2 Å². The van der Waals surface area contributed by atoms with Crippen molar-refractivity contribution >= 4 is 23.9 Å². The minimum absolute atomic E-state index is 0.0800. The fraction of sp³-hybridized carbons (Fsp3) is 0.366. The van der Waals surface area contributed by atoms with E-state index in [0.717, 1.165) is 27.8 Å². The zero-order chi connectivity index (χ0) is 37.1. The second-order valence-electron chi connectivity index (χ2n) is 12.5. The van der Waals surface area contributed by atoms with Crippen LogP contribution in [0.4, 0.5) is 4.79 Å². The molecule has 3 aromatic rings. The molecule has 0 bridgehead atoms. The Labute approximate surface area is 305 Å². The van der Waals surface area contributed by atoms with Gasteiger partial charge in [0.2, 0.25) is 11.8 Å². The summed E-state index contributed by atoms with van der Waals surface area (Å²) in [5.41, 5.74) is 5.27. The molecule has 3 amide bonds. The summed E-state index contributed by atoms with van der Waals surface area (Å²) in [7, 11) is 0. The number of esters is 1. The second kappa shape index (κ2) is 21.2. The highest BCUT2D eigenvalue weighted by Crippen LogP contribution is 2.44. The number of carbonyl (C=O) groups is 4. The van der Waals surface area contributed by atoms with Crippen LogP contribution in [0.1, 0.15) is 48.3 Å². The summed E-state index contributed by atoms with van der Waals surface area (Å²) in [6.45, 7) is 7.94. The molecule has 0 fully saturated rings. The van der Waals surface area contributed by atoms with E-state index in [4.69, 9.17) is 19.3 Å². The van der Waals surface area contributed by atoms with Crippen molar-refractivity contribution in [2.24, 2.45) is 5.92 Å². The summed E-state index contributed by atoms with van der Waals surface area (Å²) in [6.07, 6.45) is 3.69. The maximum atomic E-state index is 13.5. The van der Waals surface area contributed by atoms with Gasteiger partial charge in [0.1, 0.15) is 19.3 Å². The topological polar surface area (TPSA) is 152 Å². The van der Waals surface area contributed by atoms with E-state index >= 15 is 0 Å². The molecule has 4 N–H and O–H groups in total. The SMILES string of the molecule is C=CCC[C@H](NC(=O)OCC1c2ccccc2-c2ccccc21)C(=O)OC[C@H](Cc1ccccc1)NC(=O)[C@H](CC=C)CC(=O)NCCOCCO. The molecule has 0 aromatic heterocycles. The molecule has 0 saturated heterocycles. The van der Waals surface area contributed by atoms with Crippen LogP contribution in [-0.2, 0) is 35.0 Å². The number of hydrogen-bond donors (Lipinski definition) is 4. The number of hydrogen-bond acceptors (Lipinski definition) is 8. The van der Waals surface area contributed by atoms with Gasteiger partial charge in [-0.3, -0.25) is 9.59 Å². The summed E-state index contributed by atoms with van der Waals surface area (Å²) in [6, 6.07) is 23.8. The van der Waals surface area contributed by atoms with E-state index in [1.165, 1.54) is 0 Å². The average molecular weight is 712 g/mol. The third-order valence-corrected chi connectivity index (χ3v) is 8.74. The van der Waals surface area contributed by atoms with E-state index < -0.39 is 30.1 Å². The van der Waals surface area contributed by atoms with Crippen LogP contribution < -0.4 is 16.0 Å². The van der Waals surface area contributed by atoms with Crippen LogP contribution in [0.2, 0.25) is 0 Å². The molecule has 52 heavy (non-hydrogen) atoms. The lowest BCUT2D eigenvalue weighted by molar-refractivity contribution is -0.147. The summed E-state index contributed by atoms with van der Waals surface area (Å²) in [4.78, 5) is 52.6. The van der Waals surface area contributed by atoms with Crippen LogP contribution >= 0.6 is 0 Å². The standard InChI is InChI=1S/C41H49N3O8/c1-3-5-20-37(44-41(49)52-28-36-34-18-11-9-16-32(34)33-17-10-12-19-35(33)36)40(48)51-27-31(25-29-14-7-6-8-15-29)43-39(47)30(13-4-2)26-38(46)42-21-23-50-24-22-45/h3-4,6-12,14-19,30-31,36-37,45H,1-2,5,13,20-28H2,(H,42,46)(H,43,47)(H,44,49)/t30-,31+,37+/m1/s1. The Hall–Kier alpha value is -5.26. The fourth-order valence-corrected chi connectivity index (χ4v) is 6.18. The van der Waals surface area contributed by atoms with Crippen molar-refractivity contribution in [2.75, 3.05) is 39.6 Å². The van der Waals surface area contributed by atoms with Crippen molar-refractivity contribution in [3.8, 4) is 11.1 Å². The molecule has 0 spiro atoms. The number of carbonyl (C=O) groups excluding carboxylic acids is 4. The second-order valence-corrected chi connectivity index (χ2v) is 12.5. The normalized spacial score (nSPS) is 13.4. The Morgan fingerprint density at radius 2 is 1.50 bits per heavy atom. The third kappa shape index (κ3) is 11.9. The number of amides is 3. The first-order valence-corrected chi connectivity index (χ1v) is 17.6. The molecular weight excluding hydrogens is 662 g/mol. The first-order valence-electron chi connectivity index (χ1n) is 17.6. The highest BCUT2D eigenvalue weighted by molar-refractivity contribution is 5.86. The first-order chi connectivity index (χ1) is 25.3. The number of alkyl carbamates (subject to hydrolysis) is 1. The molecular formula is C41H49N3O8. The average Bonchev–Trinajstić information content (AvgIpc) is 3.48. The highest BCUT2D eigenvalue weighted by atomic mass is 16.6. The predicted molar refractivity (Wildman–Crippen MR) is 198 cm³/mol. The van der Waals surface area contributed by atoms with Crippen molar-refractivity contribution < 1.29 is 38.5 Å². The van der Waals surface area contributed by atoms with Crippen LogP contribution in [0.3, 0.4) is 0 Å². The van der Waals surface area contributed by atoms with Crippen molar-refractivity contribution in [2.45, 2.75) is 50.1 Å². The summed E-state index contributed by atoms with van der Waals surface area (Å²) < 4.78 is 16.6. The smallest absolute Gasteiger partial charge is 0.407 e. The Morgan fingerprint density at radius 1 is 0.827 bits per heavy atom. The van der Waals surface area contributed by atoms with Crippen LogP contribution in [0.15, 0.2) is 104 Å². The van der Waals surface area contributed by atoms with E-state index in [0.29, 0.717) is 12.8 Å². The molecule has 0 unspecified atom stereocenters. The molecule has 0 radical (unpaired) electrons. The summed E-state index contributed by atoms with van der Waals surface area (Å²) >= 11 is 0. The van der Waals surface area contributed by atoms with E-state index in [2.05, 4.69) is 41.2 Å². The van der Waals surface area contributed by atoms with Gasteiger partial charge in [-0.15, -0.1) is 13.2 Å². The molecule has 3 atom stereocenters. The molecule has 0 saturated carbocycles. The Balaban J connectivity index is 1.37. The van der Waals surface area contributed by atoms with Crippen LogP contribution in [0, 0.1) is 5.92 Å². The van der Waals surface area contributed by atoms with Crippen LogP contribution in [0.5, 0.6) is 0 Å². The van der Waals surface area contributed by atoms with Gasteiger partial charge in [-0.1, -0.05) is 91.0 Å². The van der Waals surface area contributed by atoms with Crippen molar-refractivity contribution in [3.63, 3.8) is 0 Å². The van der Waals surface area contributed by atoms with Crippen LogP contribution in [-0.4, -0.2) is 80.6 Å². The Kier molecular flexibility index (Phi) is 16.1. The lowest BCUT2D eigenvalue weighted by atomic mass is 9.98. The molecule has 4 rings (SSSR count). The molecule has 276 valence electrons. The minimum atomic E-state index is -1.01. The first kappa shape index (κ1) is 39.5. The number of nitrogens with one attached hydrogen (secondary N) is 3. The van der Waals surface area contributed by atoms with Crippen molar-refractivity contribution in [1.29, 1.82) is 0 Å². The minimum Gasteiger partial charge on any atom is -0.462 e. The maximum Gasteiger partial charge on any atom is 0.407 e. The zero-order valence-electron chi connectivity index (χ0n) is 29.5. The zero-order valence-corrected chi connectivity index (χ0v) is 29.5. The maximum absolute atomic E-state index is 13.5. The monoisotopic (exact) mass is 711 g/mol. The number of allylic oxidation sites excluding steroid dienone is 2. The van der Waals surface area contributed by atoms with Gasteiger partial charge in [0, 0.05) is 18.9 Å². The van der Waals surface area contributed by atoms with Crippen LogP contribution in [0.25, 0.3) is 11.1 Å². The summed E-state index contributed by atoms with van der Waals surface area (Å²) in [5, 5.41) is 17.2. The van der Waals surface area contributed by atoms with E-state index in [-0.39, 0.29) is 76.6 Å². The molecule has 1 aliphatic carbocycles. The largest absolute Gasteiger partial charge is 0.462 e. The fourth-order valence-electron chi connectivity index (χ4n) is 6.18. The lowest BCUT2D eigenvalue weighted by Gasteiger charge is -2.24. The molecule has 1 aliphatic rings. The number of aliphatic hydroxyl groups excluding tert-OH is 1. The Bertz CT molecular complexity index is 1600. The predicted octanol–water partition coefficient (Wildman–Crippen LogP) is 4.84. The number of rotatable bonds is 22. The lowest BCUT2D eigenvalue weighted by Crippen LogP contribution is -2.47. The third-order valence-electron chi connectivity index (χ3n) is 8.74. The van der Waals surface area contributed by atoms with Gasteiger partial charge in [0.15, 0.2) is 0 Å². The van der Waals surface area contributed by atoms with Gasteiger partial charge in [-0.25, -0.2) is 9.59 Å². The Morgan fingerprint density at radius 3 is 2.15 bits per heavy atom. The highest BCUT2D eigenvalue weighted by Gasteiger charge is 2.31. The number of fused-ring (bicyclic) bond motifs is 3. The molecule has 0 aliphatic heterocycles. The van der Waals surface area contributed by atoms with E-state index in [1.54, 1.807) is 12.2 Å². The van der Waals surface area contributed by atoms with Gasteiger partial charge >= 0.3 is 12.1 Å². The van der Waals surface area contributed by atoms with Crippen molar-refractivity contribution in [1.82, 2.24) is 16.0 Å². The van der Waals surface area contributed by atoms with Gasteiger partial charge in [-0.05, 0) is 53.5 Å².